The van der Waals surface area contributed by atoms with Crippen LogP contribution in [0.5, 0.6) is 0 Å². The minimum absolute atomic E-state index is 0.245. The van der Waals surface area contributed by atoms with Crippen molar-refractivity contribution < 1.29 is 9.90 Å². The van der Waals surface area contributed by atoms with Gasteiger partial charge in [0.25, 0.3) is 0 Å². The molecular formula is C13H20O2S. The second-order valence-corrected chi connectivity index (χ2v) is 4.50. The lowest BCUT2D eigenvalue weighted by atomic mass is 9.97. The van der Waals surface area contributed by atoms with Crippen molar-refractivity contribution in [1.82, 2.24) is 0 Å². The molecule has 0 fully saturated rings. The summed E-state index contributed by atoms with van der Waals surface area (Å²) in [6.45, 7) is 7.00. The predicted molar refractivity (Wildman–Crippen MR) is 70.2 cm³/mol. The monoisotopic (exact) mass is 240 g/mol. The SMILES string of the molecule is CC.CSc1ccc(C(=O)C(C)(C)O)cc1. The molecule has 0 amide bonds. The molecule has 0 aliphatic carbocycles. The molecule has 90 valence electrons. The molecule has 16 heavy (non-hydrogen) atoms. The second kappa shape index (κ2) is 6.71. The number of hydrogen-bond acceptors (Lipinski definition) is 3. The average molecular weight is 240 g/mol. The van der Waals surface area contributed by atoms with Gasteiger partial charge in [0.1, 0.15) is 5.60 Å². The normalized spacial score (nSPS) is 10.4. The van der Waals surface area contributed by atoms with E-state index in [2.05, 4.69) is 0 Å². The molecule has 1 aromatic rings. The van der Waals surface area contributed by atoms with E-state index in [1.807, 2.05) is 32.2 Å². The van der Waals surface area contributed by atoms with Gasteiger partial charge in [-0.25, -0.2) is 0 Å². The first kappa shape index (κ1) is 15.2. The highest BCUT2D eigenvalue weighted by Gasteiger charge is 2.24. The summed E-state index contributed by atoms with van der Waals surface area (Å²) >= 11 is 1.62. The third kappa shape index (κ3) is 4.37. The summed E-state index contributed by atoms with van der Waals surface area (Å²) in [6.07, 6.45) is 1.98. The number of rotatable bonds is 3. The van der Waals surface area contributed by atoms with Gasteiger partial charge in [0.2, 0.25) is 0 Å². The average Bonchev–Trinajstić information content (AvgIpc) is 2.30. The zero-order valence-electron chi connectivity index (χ0n) is 10.6. The van der Waals surface area contributed by atoms with Crippen LogP contribution < -0.4 is 0 Å². The minimum Gasteiger partial charge on any atom is -0.382 e. The van der Waals surface area contributed by atoms with Crippen LogP contribution in [0.4, 0.5) is 0 Å². The third-order valence-corrected chi connectivity index (χ3v) is 2.65. The van der Waals surface area contributed by atoms with Gasteiger partial charge in [0, 0.05) is 10.5 Å². The van der Waals surface area contributed by atoms with E-state index in [0.717, 1.165) is 4.90 Å². The molecule has 0 saturated heterocycles. The van der Waals surface area contributed by atoms with Crippen LogP contribution in [0.1, 0.15) is 38.1 Å². The van der Waals surface area contributed by atoms with Crippen LogP contribution >= 0.6 is 11.8 Å². The molecule has 2 nitrogen and oxygen atoms in total. The maximum absolute atomic E-state index is 11.6. The first-order valence-corrected chi connectivity index (χ1v) is 6.59. The Morgan fingerprint density at radius 2 is 1.62 bits per heavy atom. The molecule has 0 atom stereocenters. The van der Waals surface area contributed by atoms with Gasteiger partial charge in [0.05, 0.1) is 0 Å². The van der Waals surface area contributed by atoms with E-state index in [1.54, 1.807) is 23.9 Å². The summed E-state index contributed by atoms with van der Waals surface area (Å²) in [7, 11) is 0. The van der Waals surface area contributed by atoms with Gasteiger partial charge in [0.15, 0.2) is 5.78 Å². The second-order valence-electron chi connectivity index (χ2n) is 3.62. The number of aliphatic hydroxyl groups is 1. The predicted octanol–water partition coefficient (Wildman–Crippen LogP) is 3.39. The van der Waals surface area contributed by atoms with E-state index < -0.39 is 5.60 Å². The summed E-state index contributed by atoms with van der Waals surface area (Å²) in [6, 6.07) is 7.24. The summed E-state index contributed by atoms with van der Waals surface area (Å²) < 4.78 is 0. The Hall–Kier alpha value is -0.800. The number of ketones is 1. The van der Waals surface area contributed by atoms with Crippen LogP contribution in [-0.2, 0) is 0 Å². The van der Waals surface area contributed by atoms with Crippen LogP contribution in [0.2, 0.25) is 0 Å². The molecule has 1 N–H and O–H groups in total. The Kier molecular flexibility index (Phi) is 6.38. The van der Waals surface area contributed by atoms with Crippen LogP contribution in [-0.4, -0.2) is 22.7 Å². The maximum Gasteiger partial charge on any atom is 0.193 e. The van der Waals surface area contributed by atoms with Crippen LogP contribution in [0, 0.1) is 0 Å². The molecule has 0 spiro atoms. The van der Waals surface area contributed by atoms with Gasteiger partial charge in [-0.3, -0.25) is 4.79 Å². The summed E-state index contributed by atoms with van der Waals surface area (Å²) in [5.74, 6) is -0.245. The maximum atomic E-state index is 11.6. The minimum atomic E-state index is -1.29. The standard InChI is InChI=1S/C11H14O2S.C2H6/c1-11(2,13)10(12)8-4-6-9(14-3)7-5-8;1-2/h4-7,13H,1-3H3;1-2H3. The highest BCUT2D eigenvalue weighted by atomic mass is 32.2. The van der Waals surface area contributed by atoms with Crippen molar-refractivity contribution >= 4 is 17.5 Å². The van der Waals surface area contributed by atoms with Crippen LogP contribution in [0.3, 0.4) is 0 Å². The van der Waals surface area contributed by atoms with Gasteiger partial charge in [-0.2, -0.15) is 0 Å². The quantitative estimate of drug-likeness (QED) is 0.650. The smallest absolute Gasteiger partial charge is 0.193 e. The van der Waals surface area contributed by atoms with Crippen molar-refractivity contribution in [1.29, 1.82) is 0 Å². The van der Waals surface area contributed by atoms with Crippen molar-refractivity contribution in [3.63, 3.8) is 0 Å². The van der Waals surface area contributed by atoms with Gasteiger partial charge < -0.3 is 5.11 Å². The Morgan fingerprint density at radius 3 is 1.94 bits per heavy atom. The lowest BCUT2D eigenvalue weighted by Gasteiger charge is -2.15. The number of thioether (sulfide) groups is 1. The number of carbonyl (C=O) groups is 1. The third-order valence-electron chi connectivity index (χ3n) is 1.91. The first-order valence-electron chi connectivity index (χ1n) is 5.36. The van der Waals surface area contributed by atoms with Gasteiger partial charge in [-0.1, -0.05) is 26.0 Å². The highest BCUT2D eigenvalue weighted by molar-refractivity contribution is 7.98. The number of hydrogen-bond donors (Lipinski definition) is 1. The molecule has 0 aliphatic heterocycles. The summed E-state index contributed by atoms with van der Waals surface area (Å²) in [5.41, 5.74) is -0.740. The Labute approximate surface area is 102 Å². The molecule has 0 heterocycles. The summed E-state index contributed by atoms with van der Waals surface area (Å²) in [5, 5.41) is 9.51. The van der Waals surface area contributed by atoms with Crippen molar-refractivity contribution in [2.75, 3.05) is 6.26 Å². The van der Waals surface area contributed by atoms with E-state index in [9.17, 15) is 9.90 Å². The Bertz CT molecular complexity index is 323. The zero-order chi connectivity index (χ0) is 12.8. The molecule has 1 rings (SSSR count). The zero-order valence-corrected chi connectivity index (χ0v) is 11.4. The highest BCUT2D eigenvalue weighted by Crippen LogP contribution is 2.18. The van der Waals surface area contributed by atoms with Crippen molar-refractivity contribution in [2.45, 2.75) is 38.2 Å². The number of benzene rings is 1. The molecule has 0 bridgehead atoms. The lowest BCUT2D eigenvalue weighted by Crippen LogP contribution is -2.30. The molecule has 3 heteroatoms. The van der Waals surface area contributed by atoms with Gasteiger partial charge in [-0.05, 0) is 32.2 Å². The molecule has 0 unspecified atom stereocenters. The van der Waals surface area contributed by atoms with E-state index in [4.69, 9.17) is 0 Å². The summed E-state index contributed by atoms with van der Waals surface area (Å²) in [4.78, 5) is 12.7. The van der Waals surface area contributed by atoms with Crippen molar-refractivity contribution in [3.8, 4) is 0 Å². The van der Waals surface area contributed by atoms with Crippen LogP contribution in [0.15, 0.2) is 29.2 Å². The fraction of sp³-hybridized carbons (Fsp3) is 0.462. The fourth-order valence-corrected chi connectivity index (χ4v) is 1.50. The first-order chi connectivity index (χ1) is 7.45. The number of Topliss-reactive ketones (excluding diaryl/α,β-unsaturated/α-hetero) is 1. The lowest BCUT2D eigenvalue weighted by molar-refractivity contribution is 0.0488. The van der Waals surface area contributed by atoms with Crippen molar-refractivity contribution in [2.24, 2.45) is 0 Å². The number of carbonyl (C=O) groups excluding carboxylic acids is 1. The van der Waals surface area contributed by atoms with E-state index in [0.29, 0.717) is 5.56 Å². The van der Waals surface area contributed by atoms with Crippen molar-refractivity contribution in [3.05, 3.63) is 29.8 Å². The molecule has 0 aromatic heterocycles. The molecule has 0 radical (unpaired) electrons. The van der Waals surface area contributed by atoms with Gasteiger partial charge >= 0.3 is 0 Å². The molecule has 0 saturated carbocycles. The Balaban J connectivity index is 0.00000106. The molecule has 0 aliphatic rings. The van der Waals surface area contributed by atoms with E-state index in [1.165, 1.54) is 13.8 Å². The Morgan fingerprint density at radius 1 is 1.19 bits per heavy atom. The largest absolute Gasteiger partial charge is 0.382 e. The topological polar surface area (TPSA) is 37.3 Å². The van der Waals surface area contributed by atoms with E-state index in [-0.39, 0.29) is 5.78 Å². The van der Waals surface area contributed by atoms with Crippen LogP contribution in [0.25, 0.3) is 0 Å². The van der Waals surface area contributed by atoms with Gasteiger partial charge in [-0.15, -0.1) is 11.8 Å². The molecular weight excluding hydrogens is 220 g/mol. The van der Waals surface area contributed by atoms with E-state index >= 15 is 0 Å². The molecule has 1 aromatic carbocycles. The fourth-order valence-electron chi connectivity index (χ4n) is 1.10.